The molecule has 0 saturated heterocycles. The SMILES string of the molecule is Cc1ccc(=S)n(CCl)n1. The average molecular weight is 175 g/mol. The van der Waals surface area contributed by atoms with Crippen LogP contribution in [-0.4, -0.2) is 9.78 Å². The van der Waals surface area contributed by atoms with Crippen molar-refractivity contribution in [2.45, 2.75) is 12.9 Å². The van der Waals surface area contributed by atoms with E-state index in [1.165, 1.54) is 0 Å². The van der Waals surface area contributed by atoms with E-state index in [2.05, 4.69) is 5.10 Å². The molecule has 0 radical (unpaired) electrons. The minimum Gasteiger partial charge on any atom is -0.240 e. The Morgan fingerprint density at radius 1 is 1.70 bits per heavy atom. The summed E-state index contributed by atoms with van der Waals surface area (Å²) >= 11 is 10.5. The zero-order chi connectivity index (χ0) is 7.56. The maximum atomic E-state index is 5.54. The van der Waals surface area contributed by atoms with Crippen molar-refractivity contribution in [2.75, 3.05) is 0 Å². The van der Waals surface area contributed by atoms with E-state index in [1.54, 1.807) is 4.68 Å². The fourth-order valence-corrected chi connectivity index (χ4v) is 1.06. The van der Waals surface area contributed by atoms with E-state index in [-0.39, 0.29) is 0 Å². The third kappa shape index (κ3) is 1.55. The molecule has 1 aromatic heterocycles. The van der Waals surface area contributed by atoms with Crippen molar-refractivity contribution in [3.05, 3.63) is 22.5 Å². The normalized spacial score (nSPS) is 9.80. The number of nitrogens with zero attached hydrogens (tertiary/aromatic N) is 2. The smallest absolute Gasteiger partial charge is 0.124 e. The number of hydrogen-bond acceptors (Lipinski definition) is 2. The van der Waals surface area contributed by atoms with Crippen LogP contribution in [0.1, 0.15) is 5.69 Å². The van der Waals surface area contributed by atoms with Crippen molar-refractivity contribution in [1.29, 1.82) is 0 Å². The Labute approximate surface area is 69.4 Å². The maximum absolute atomic E-state index is 5.54. The molecule has 0 amide bonds. The zero-order valence-electron chi connectivity index (χ0n) is 5.54. The average Bonchev–Trinajstić information content (AvgIpc) is 1.94. The first kappa shape index (κ1) is 7.69. The van der Waals surface area contributed by atoms with E-state index in [0.29, 0.717) is 10.6 Å². The topological polar surface area (TPSA) is 17.8 Å². The van der Waals surface area contributed by atoms with E-state index in [4.69, 9.17) is 23.8 Å². The van der Waals surface area contributed by atoms with Gasteiger partial charge in [-0.3, -0.25) is 0 Å². The Balaban J connectivity index is 3.22. The van der Waals surface area contributed by atoms with Gasteiger partial charge in [-0.25, -0.2) is 4.68 Å². The number of alkyl halides is 1. The Kier molecular flexibility index (Phi) is 2.40. The van der Waals surface area contributed by atoms with Gasteiger partial charge < -0.3 is 0 Å². The quantitative estimate of drug-likeness (QED) is 0.480. The third-order valence-corrected chi connectivity index (χ3v) is 1.69. The van der Waals surface area contributed by atoms with Crippen molar-refractivity contribution >= 4 is 23.8 Å². The zero-order valence-corrected chi connectivity index (χ0v) is 7.11. The van der Waals surface area contributed by atoms with E-state index in [0.717, 1.165) is 5.69 Å². The second-order valence-electron chi connectivity index (χ2n) is 1.93. The predicted octanol–water partition coefficient (Wildman–Crippen LogP) is 2.12. The van der Waals surface area contributed by atoms with Crippen LogP contribution in [0, 0.1) is 11.6 Å². The van der Waals surface area contributed by atoms with Gasteiger partial charge in [-0.05, 0) is 19.1 Å². The summed E-state index contributed by atoms with van der Waals surface area (Å²) < 4.78 is 2.24. The summed E-state index contributed by atoms with van der Waals surface area (Å²) in [5, 5.41) is 4.07. The molecule has 0 aliphatic carbocycles. The molecular formula is C6H7ClN2S. The molecule has 2 nitrogen and oxygen atoms in total. The van der Waals surface area contributed by atoms with Gasteiger partial charge in [-0.15, -0.1) is 11.6 Å². The molecule has 0 aliphatic rings. The summed E-state index contributed by atoms with van der Waals surface area (Å²) in [4.78, 5) is 0. The Hall–Kier alpha value is -0.410. The monoisotopic (exact) mass is 174 g/mol. The highest BCUT2D eigenvalue weighted by atomic mass is 35.5. The fraction of sp³-hybridized carbons (Fsp3) is 0.333. The fourth-order valence-electron chi connectivity index (χ4n) is 0.637. The lowest BCUT2D eigenvalue weighted by Crippen LogP contribution is -2.01. The van der Waals surface area contributed by atoms with Crippen LogP contribution in [0.25, 0.3) is 0 Å². The summed E-state index contributed by atoms with van der Waals surface area (Å²) in [5.74, 6) is 0. The third-order valence-electron chi connectivity index (χ3n) is 1.11. The predicted molar refractivity (Wildman–Crippen MR) is 43.7 cm³/mol. The van der Waals surface area contributed by atoms with Crippen LogP contribution in [0.5, 0.6) is 0 Å². The lowest BCUT2D eigenvalue weighted by molar-refractivity contribution is 0.691. The van der Waals surface area contributed by atoms with Gasteiger partial charge in [0.15, 0.2) is 0 Å². The van der Waals surface area contributed by atoms with Gasteiger partial charge in [0.25, 0.3) is 0 Å². The molecule has 0 spiro atoms. The molecule has 0 N–H and O–H groups in total. The molecule has 0 unspecified atom stereocenters. The summed E-state index contributed by atoms with van der Waals surface area (Å²) in [7, 11) is 0. The van der Waals surface area contributed by atoms with Crippen LogP contribution in [0.3, 0.4) is 0 Å². The van der Waals surface area contributed by atoms with Crippen molar-refractivity contribution in [2.24, 2.45) is 0 Å². The van der Waals surface area contributed by atoms with Gasteiger partial charge in [0.05, 0.1) is 5.69 Å². The minimum absolute atomic E-state index is 0.320. The first-order chi connectivity index (χ1) is 4.74. The standard InChI is InChI=1S/C6H7ClN2S/c1-5-2-3-6(10)9(4-7)8-5/h2-3H,4H2,1H3. The molecular weight excluding hydrogens is 168 g/mol. The second-order valence-corrected chi connectivity index (χ2v) is 2.59. The molecule has 0 aromatic carbocycles. The summed E-state index contributed by atoms with van der Waals surface area (Å²) in [6, 6.07) is 4.01. The van der Waals surface area contributed by atoms with E-state index < -0.39 is 0 Å². The minimum atomic E-state index is 0.320. The van der Waals surface area contributed by atoms with Crippen molar-refractivity contribution in [3.8, 4) is 0 Å². The number of aryl methyl sites for hydroxylation is 1. The molecule has 54 valence electrons. The first-order valence-electron chi connectivity index (χ1n) is 2.85. The molecule has 0 saturated carbocycles. The van der Waals surface area contributed by atoms with Crippen LogP contribution in [0.4, 0.5) is 0 Å². The Bertz CT molecular complexity index is 281. The van der Waals surface area contributed by atoms with Crippen LogP contribution in [0.2, 0.25) is 0 Å². The summed E-state index contributed by atoms with van der Waals surface area (Å²) in [6.07, 6.45) is 0. The molecule has 4 heteroatoms. The van der Waals surface area contributed by atoms with Gasteiger partial charge in [0, 0.05) is 0 Å². The molecule has 1 rings (SSSR count). The van der Waals surface area contributed by atoms with Crippen LogP contribution in [0.15, 0.2) is 12.1 Å². The highest BCUT2D eigenvalue weighted by molar-refractivity contribution is 7.71. The Morgan fingerprint density at radius 2 is 2.40 bits per heavy atom. The number of aromatic nitrogens is 2. The molecule has 0 atom stereocenters. The molecule has 0 fully saturated rings. The van der Waals surface area contributed by atoms with Crippen molar-refractivity contribution in [1.82, 2.24) is 9.78 Å². The number of hydrogen-bond donors (Lipinski definition) is 0. The molecule has 0 bridgehead atoms. The lowest BCUT2D eigenvalue weighted by Gasteiger charge is -1.99. The molecule has 10 heavy (non-hydrogen) atoms. The second kappa shape index (κ2) is 3.12. The van der Waals surface area contributed by atoms with Crippen molar-refractivity contribution in [3.63, 3.8) is 0 Å². The highest BCUT2D eigenvalue weighted by Gasteiger charge is 1.89. The van der Waals surface area contributed by atoms with Gasteiger partial charge in [-0.2, -0.15) is 5.10 Å². The molecule has 0 aliphatic heterocycles. The molecule has 1 heterocycles. The number of rotatable bonds is 1. The van der Waals surface area contributed by atoms with Gasteiger partial charge in [-0.1, -0.05) is 12.2 Å². The van der Waals surface area contributed by atoms with Crippen LogP contribution in [-0.2, 0) is 6.00 Å². The van der Waals surface area contributed by atoms with Crippen molar-refractivity contribution < 1.29 is 0 Å². The van der Waals surface area contributed by atoms with Gasteiger partial charge in [0.1, 0.15) is 10.6 Å². The lowest BCUT2D eigenvalue weighted by atomic mass is 10.4. The maximum Gasteiger partial charge on any atom is 0.124 e. The summed E-state index contributed by atoms with van der Waals surface area (Å²) in [6.45, 7) is 1.90. The van der Waals surface area contributed by atoms with Gasteiger partial charge in [0.2, 0.25) is 0 Å². The largest absolute Gasteiger partial charge is 0.240 e. The highest BCUT2D eigenvalue weighted by Crippen LogP contribution is 1.95. The van der Waals surface area contributed by atoms with E-state index in [1.807, 2.05) is 19.1 Å². The van der Waals surface area contributed by atoms with E-state index >= 15 is 0 Å². The van der Waals surface area contributed by atoms with E-state index in [9.17, 15) is 0 Å². The van der Waals surface area contributed by atoms with Gasteiger partial charge >= 0.3 is 0 Å². The van der Waals surface area contributed by atoms with Crippen LogP contribution < -0.4 is 0 Å². The van der Waals surface area contributed by atoms with Crippen LogP contribution >= 0.6 is 23.8 Å². The summed E-state index contributed by atoms with van der Waals surface area (Å²) in [5.41, 5.74) is 0.925. The first-order valence-corrected chi connectivity index (χ1v) is 3.79. The Morgan fingerprint density at radius 3 is 2.90 bits per heavy atom. The number of halogens is 1. The molecule has 1 aromatic rings.